The minimum absolute atomic E-state index is 0.159. The summed E-state index contributed by atoms with van der Waals surface area (Å²) in [5, 5.41) is 2.63. The maximum Gasteiger partial charge on any atom is 0.469 e. The number of esters is 1. The summed E-state index contributed by atoms with van der Waals surface area (Å²) in [5.74, 6) is -1.12. The number of amides is 1. The molecule has 186 valence electrons. The second-order valence-electron chi connectivity index (χ2n) is 9.00. The smallest absolute Gasteiger partial charge is 0.463 e. The van der Waals surface area contributed by atoms with Crippen molar-refractivity contribution in [2.75, 3.05) is 19.0 Å². The summed E-state index contributed by atoms with van der Waals surface area (Å²) in [6, 6.07) is 0. The molecule has 1 amide bonds. The van der Waals surface area contributed by atoms with Gasteiger partial charge in [0, 0.05) is 5.41 Å². The van der Waals surface area contributed by atoms with Crippen LogP contribution in [0.2, 0.25) is 0 Å². The number of phosphoric acid groups is 1. The van der Waals surface area contributed by atoms with Gasteiger partial charge in [-0.15, -0.1) is 0 Å². The van der Waals surface area contributed by atoms with Gasteiger partial charge in [-0.1, -0.05) is 27.7 Å². The number of carbonyl (C=O) groups is 2. The van der Waals surface area contributed by atoms with Crippen molar-refractivity contribution in [3.8, 4) is 0 Å². The van der Waals surface area contributed by atoms with E-state index < -0.39 is 46.0 Å². The third-order valence-corrected chi connectivity index (χ3v) is 6.11. The maximum absolute atomic E-state index is 11.8. The zero-order valence-electron chi connectivity index (χ0n) is 19.6. The molecule has 0 bridgehead atoms. The first-order valence-corrected chi connectivity index (χ1v) is 12.9. The van der Waals surface area contributed by atoms with E-state index in [0.29, 0.717) is 12.8 Å². The highest BCUT2D eigenvalue weighted by atomic mass is 32.2. The fourth-order valence-electron chi connectivity index (χ4n) is 1.76. The van der Waals surface area contributed by atoms with E-state index in [-0.39, 0.29) is 19.1 Å². The molecular formula is C18H38NO10PS. The Hall–Kier alpha value is -1.04. The van der Waals surface area contributed by atoms with Crippen molar-refractivity contribution in [1.29, 1.82) is 0 Å². The molecule has 0 saturated heterocycles. The molecule has 31 heavy (non-hydrogen) atoms. The molecule has 0 rings (SSSR count). The molecule has 4 N–H and O–H groups in total. The minimum atomic E-state index is -4.46. The van der Waals surface area contributed by atoms with Gasteiger partial charge in [0.25, 0.3) is 10.1 Å². The summed E-state index contributed by atoms with van der Waals surface area (Å²) in [6.07, 6.45) is 1.28. The Kier molecular flexibility index (Phi) is 12.7. The minimum Gasteiger partial charge on any atom is -0.463 e. The first kappa shape index (κ1) is 32.1. The molecule has 0 heterocycles. The Morgan fingerprint density at radius 2 is 1.39 bits per heavy atom. The van der Waals surface area contributed by atoms with Gasteiger partial charge in [0.15, 0.2) is 0 Å². The molecule has 0 aromatic heterocycles. The van der Waals surface area contributed by atoms with E-state index in [1.54, 1.807) is 41.5 Å². The maximum atomic E-state index is 11.8. The number of phosphoric ester groups is 1. The Morgan fingerprint density at radius 3 is 1.74 bits per heavy atom. The highest BCUT2D eigenvalue weighted by Crippen LogP contribution is 2.35. The van der Waals surface area contributed by atoms with Crippen LogP contribution >= 0.6 is 7.82 Å². The average Bonchev–Trinajstić information content (AvgIpc) is 2.55. The van der Waals surface area contributed by atoms with Gasteiger partial charge in [-0.25, -0.2) is 4.57 Å². The zero-order chi connectivity index (χ0) is 25.3. The number of hydrogen-bond donors (Lipinski definition) is 4. The zero-order valence-corrected chi connectivity index (χ0v) is 21.3. The van der Waals surface area contributed by atoms with Gasteiger partial charge in [0.05, 0.1) is 23.3 Å². The normalized spacial score (nSPS) is 13.1. The fraction of sp³-hybridized carbons (Fsp3) is 0.889. The van der Waals surface area contributed by atoms with Gasteiger partial charge in [-0.05, 0) is 40.5 Å². The van der Waals surface area contributed by atoms with E-state index in [1.165, 1.54) is 0 Å². The van der Waals surface area contributed by atoms with E-state index in [1.807, 2.05) is 13.8 Å². The van der Waals surface area contributed by atoms with Crippen molar-refractivity contribution in [3.63, 3.8) is 0 Å². The van der Waals surface area contributed by atoms with Crippen molar-refractivity contribution >= 4 is 29.8 Å². The van der Waals surface area contributed by atoms with Crippen molar-refractivity contribution in [1.82, 2.24) is 5.32 Å². The Labute approximate surface area is 185 Å². The number of ether oxygens (including phenoxy) is 1. The summed E-state index contributed by atoms with van der Waals surface area (Å²) in [4.78, 5) is 39.8. The monoisotopic (exact) mass is 491 g/mol. The first-order chi connectivity index (χ1) is 13.6. The van der Waals surface area contributed by atoms with Gasteiger partial charge in [0.1, 0.15) is 6.61 Å². The SMILES string of the molecule is CCC(C)(C)C(=O)NC(C)(C)CS(=O)(=O)O.CCC(C)(C)C(=O)OCCOP(=O)(O)O. The van der Waals surface area contributed by atoms with Gasteiger partial charge < -0.3 is 19.8 Å². The largest absolute Gasteiger partial charge is 0.469 e. The first-order valence-electron chi connectivity index (χ1n) is 9.73. The van der Waals surface area contributed by atoms with Gasteiger partial charge in [-0.3, -0.25) is 18.7 Å². The molecule has 0 aliphatic carbocycles. The lowest BCUT2D eigenvalue weighted by molar-refractivity contribution is -0.155. The molecule has 0 spiro atoms. The quantitative estimate of drug-likeness (QED) is 0.145. The number of carbonyl (C=O) groups excluding carboxylic acids is 2. The van der Waals surface area contributed by atoms with Gasteiger partial charge in [-0.2, -0.15) is 8.42 Å². The van der Waals surface area contributed by atoms with Crippen molar-refractivity contribution < 1.29 is 46.2 Å². The summed E-state index contributed by atoms with van der Waals surface area (Å²) >= 11 is 0. The summed E-state index contributed by atoms with van der Waals surface area (Å²) in [5.41, 5.74) is -2.10. The van der Waals surface area contributed by atoms with Crippen LogP contribution in [0, 0.1) is 10.8 Å². The molecule has 0 atom stereocenters. The highest BCUT2D eigenvalue weighted by molar-refractivity contribution is 7.85. The van der Waals surface area contributed by atoms with E-state index in [0.717, 1.165) is 0 Å². The lowest BCUT2D eigenvalue weighted by atomic mass is 9.88. The molecule has 0 aromatic rings. The molecule has 0 fully saturated rings. The second kappa shape index (κ2) is 12.3. The van der Waals surface area contributed by atoms with Crippen LogP contribution in [0.5, 0.6) is 0 Å². The Bertz CT molecular complexity index is 740. The second-order valence-corrected chi connectivity index (χ2v) is 11.7. The number of nitrogens with one attached hydrogen (secondary N) is 1. The van der Waals surface area contributed by atoms with Crippen LogP contribution in [0.4, 0.5) is 0 Å². The van der Waals surface area contributed by atoms with Crippen LogP contribution in [0.15, 0.2) is 0 Å². The molecule has 0 unspecified atom stereocenters. The van der Waals surface area contributed by atoms with E-state index >= 15 is 0 Å². The van der Waals surface area contributed by atoms with Crippen molar-refractivity contribution in [2.45, 2.75) is 73.8 Å². The molecule has 11 nitrogen and oxygen atoms in total. The van der Waals surface area contributed by atoms with Crippen LogP contribution in [0.25, 0.3) is 0 Å². The third-order valence-electron chi connectivity index (χ3n) is 4.51. The summed E-state index contributed by atoms with van der Waals surface area (Å²) in [7, 11) is -8.56. The number of hydrogen-bond acceptors (Lipinski definition) is 7. The number of rotatable bonds is 11. The standard InChI is InChI=1S/C10H21NO4S.C8H17O6P/c1-6-9(2,3)8(12)11-10(4,5)7-16(13,14)15;1-4-8(2,3)7(9)13-5-6-14-15(10,11)12/h6-7H2,1-5H3,(H,11,12)(H,13,14,15);4-6H2,1-3H3,(H2,10,11,12). The third kappa shape index (κ3) is 16.3. The fourth-order valence-corrected chi connectivity index (χ4v) is 3.06. The molecule has 0 aromatic carbocycles. The summed E-state index contributed by atoms with van der Waals surface area (Å²) in [6.45, 7) is 13.4. The molecule has 0 radical (unpaired) electrons. The van der Waals surface area contributed by atoms with E-state index in [2.05, 4.69) is 9.84 Å². The highest BCUT2D eigenvalue weighted by Gasteiger charge is 2.33. The summed E-state index contributed by atoms with van der Waals surface area (Å²) < 4.78 is 49.4. The molecule has 0 aliphatic heterocycles. The van der Waals surface area contributed by atoms with Gasteiger partial charge in [0.2, 0.25) is 5.91 Å². The van der Waals surface area contributed by atoms with Crippen molar-refractivity contribution in [3.05, 3.63) is 0 Å². The lowest BCUT2D eigenvalue weighted by Gasteiger charge is -2.30. The molecule has 0 saturated carbocycles. The van der Waals surface area contributed by atoms with E-state index in [9.17, 15) is 22.6 Å². The van der Waals surface area contributed by atoms with Crippen LogP contribution < -0.4 is 5.32 Å². The Morgan fingerprint density at radius 1 is 0.935 bits per heavy atom. The van der Waals surface area contributed by atoms with Crippen LogP contribution in [0.3, 0.4) is 0 Å². The van der Waals surface area contributed by atoms with E-state index in [4.69, 9.17) is 19.1 Å². The van der Waals surface area contributed by atoms with Crippen LogP contribution in [0.1, 0.15) is 68.2 Å². The molecule has 0 aliphatic rings. The molecule has 13 heteroatoms. The van der Waals surface area contributed by atoms with Crippen LogP contribution in [-0.4, -0.2) is 59.1 Å². The predicted octanol–water partition coefficient (Wildman–Crippen LogP) is 2.28. The topological polar surface area (TPSA) is 177 Å². The predicted molar refractivity (Wildman–Crippen MR) is 116 cm³/mol. The van der Waals surface area contributed by atoms with Crippen molar-refractivity contribution in [2.24, 2.45) is 10.8 Å². The Balaban J connectivity index is 0. The molecular weight excluding hydrogens is 453 g/mol. The van der Waals surface area contributed by atoms with Crippen LogP contribution in [-0.2, 0) is 33.5 Å². The van der Waals surface area contributed by atoms with Gasteiger partial charge >= 0.3 is 13.8 Å². The average molecular weight is 492 g/mol. The lowest BCUT2D eigenvalue weighted by Crippen LogP contribution is -2.52.